The third kappa shape index (κ3) is 3.25. The minimum absolute atomic E-state index is 0.503. The molecule has 2 rings (SSSR count). The number of ether oxygens (including phenoxy) is 2. The molecule has 0 bridgehead atoms. The molecule has 0 atom stereocenters. The van der Waals surface area contributed by atoms with E-state index in [0.29, 0.717) is 24.6 Å². The zero-order chi connectivity index (χ0) is 15.2. The number of pyridine rings is 1. The number of nitrogens with zero attached hydrogens (tertiary/aromatic N) is 2. The van der Waals surface area contributed by atoms with E-state index >= 15 is 0 Å². The van der Waals surface area contributed by atoms with Crippen LogP contribution >= 0.6 is 0 Å². The van der Waals surface area contributed by atoms with Gasteiger partial charge < -0.3 is 20.1 Å². The predicted molar refractivity (Wildman–Crippen MR) is 83.8 cm³/mol. The molecule has 112 valence electrons. The molecule has 0 amide bonds. The minimum atomic E-state index is 0.503. The molecule has 0 radical (unpaired) electrons. The van der Waals surface area contributed by atoms with E-state index < -0.39 is 0 Å². The van der Waals surface area contributed by atoms with Gasteiger partial charge in [0.1, 0.15) is 5.69 Å². The maximum absolute atomic E-state index is 5.80. The largest absolute Gasteiger partial charge is 0.493 e. The Morgan fingerprint density at radius 2 is 1.90 bits per heavy atom. The van der Waals surface area contributed by atoms with E-state index in [0.717, 1.165) is 16.9 Å². The summed E-state index contributed by atoms with van der Waals surface area (Å²) in [6.07, 6.45) is 1.72. The molecule has 1 aromatic carbocycles. The zero-order valence-electron chi connectivity index (χ0n) is 12.7. The van der Waals surface area contributed by atoms with Crippen LogP contribution in [0.1, 0.15) is 11.3 Å². The second-order valence-electron chi connectivity index (χ2n) is 4.68. The van der Waals surface area contributed by atoms with Gasteiger partial charge in [0.15, 0.2) is 11.5 Å². The van der Waals surface area contributed by atoms with Crippen molar-refractivity contribution in [2.24, 2.45) is 5.73 Å². The normalized spacial score (nSPS) is 10.3. The quantitative estimate of drug-likeness (QED) is 0.882. The van der Waals surface area contributed by atoms with Crippen LogP contribution in [0, 0.1) is 0 Å². The number of para-hydroxylation sites is 1. The van der Waals surface area contributed by atoms with Gasteiger partial charge in [-0.1, -0.05) is 18.2 Å². The van der Waals surface area contributed by atoms with Gasteiger partial charge in [-0.2, -0.15) is 0 Å². The van der Waals surface area contributed by atoms with Crippen molar-refractivity contribution in [2.45, 2.75) is 13.1 Å². The maximum Gasteiger partial charge on any atom is 0.184 e. The summed E-state index contributed by atoms with van der Waals surface area (Å²) in [7, 11) is 5.25. The van der Waals surface area contributed by atoms with E-state index in [1.807, 2.05) is 25.2 Å². The van der Waals surface area contributed by atoms with Crippen molar-refractivity contribution in [1.82, 2.24) is 4.98 Å². The smallest absolute Gasteiger partial charge is 0.184 e. The first-order chi connectivity index (χ1) is 10.2. The number of hydrogen-bond donors (Lipinski definition) is 1. The Balaban J connectivity index is 2.29. The molecule has 21 heavy (non-hydrogen) atoms. The van der Waals surface area contributed by atoms with Crippen molar-refractivity contribution < 1.29 is 9.47 Å². The summed E-state index contributed by atoms with van der Waals surface area (Å²) in [6.45, 7) is 1.11. The van der Waals surface area contributed by atoms with Gasteiger partial charge in [-0.25, -0.2) is 0 Å². The van der Waals surface area contributed by atoms with Crippen LogP contribution in [0.5, 0.6) is 11.5 Å². The Hall–Kier alpha value is -2.27. The molecule has 5 nitrogen and oxygen atoms in total. The Kier molecular flexibility index (Phi) is 5.00. The van der Waals surface area contributed by atoms with Crippen molar-refractivity contribution in [3.63, 3.8) is 0 Å². The fourth-order valence-corrected chi connectivity index (χ4v) is 2.33. The second-order valence-corrected chi connectivity index (χ2v) is 4.68. The van der Waals surface area contributed by atoms with Crippen LogP contribution in [0.3, 0.4) is 0 Å². The Morgan fingerprint density at radius 1 is 1.14 bits per heavy atom. The number of hydrogen-bond acceptors (Lipinski definition) is 5. The number of anilines is 1. The van der Waals surface area contributed by atoms with E-state index in [-0.39, 0.29) is 0 Å². The lowest BCUT2D eigenvalue weighted by Gasteiger charge is -2.23. The molecule has 0 aliphatic carbocycles. The predicted octanol–water partition coefficient (Wildman–Crippen LogP) is 2.19. The SMILES string of the molecule is COc1ccnc(CN(C)c2ccccc2CN)c1OC. The number of nitrogens with two attached hydrogens (primary N) is 1. The lowest BCUT2D eigenvalue weighted by molar-refractivity contribution is 0.349. The summed E-state index contributed by atoms with van der Waals surface area (Å²) in [5, 5.41) is 0. The van der Waals surface area contributed by atoms with Crippen molar-refractivity contribution >= 4 is 5.69 Å². The van der Waals surface area contributed by atoms with Gasteiger partial charge in [0.2, 0.25) is 0 Å². The van der Waals surface area contributed by atoms with Gasteiger partial charge >= 0.3 is 0 Å². The van der Waals surface area contributed by atoms with E-state index in [9.17, 15) is 0 Å². The third-order valence-electron chi connectivity index (χ3n) is 3.38. The topological polar surface area (TPSA) is 60.6 Å². The van der Waals surface area contributed by atoms with E-state index in [1.165, 1.54) is 0 Å². The number of rotatable bonds is 6. The average molecular weight is 287 g/mol. The molecule has 1 aromatic heterocycles. The van der Waals surface area contributed by atoms with Crippen LogP contribution in [0.25, 0.3) is 0 Å². The molecule has 0 aliphatic rings. The fourth-order valence-electron chi connectivity index (χ4n) is 2.33. The molecule has 0 spiro atoms. The minimum Gasteiger partial charge on any atom is -0.493 e. The molecule has 2 aromatic rings. The van der Waals surface area contributed by atoms with Crippen LogP contribution < -0.4 is 20.1 Å². The van der Waals surface area contributed by atoms with Crippen molar-refractivity contribution in [1.29, 1.82) is 0 Å². The summed E-state index contributed by atoms with van der Waals surface area (Å²) >= 11 is 0. The molecular weight excluding hydrogens is 266 g/mol. The van der Waals surface area contributed by atoms with Gasteiger partial charge in [0.05, 0.1) is 20.8 Å². The highest BCUT2D eigenvalue weighted by Crippen LogP contribution is 2.31. The van der Waals surface area contributed by atoms with Gasteiger partial charge in [0, 0.05) is 31.5 Å². The molecular formula is C16H21N3O2. The summed E-state index contributed by atoms with van der Waals surface area (Å²) in [4.78, 5) is 6.50. The molecule has 0 aliphatic heterocycles. The fraction of sp³-hybridized carbons (Fsp3) is 0.312. The lowest BCUT2D eigenvalue weighted by Crippen LogP contribution is -2.20. The van der Waals surface area contributed by atoms with Crippen LogP contribution in [-0.4, -0.2) is 26.3 Å². The van der Waals surface area contributed by atoms with Gasteiger partial charge in [-0.3, -0.25) is 4.98 Å². The first-order valence-corrected chi connectivity index (χ1v) is 6.76. The maximum atomic E-state index is 5.80. The summed E-state index contributed by atoms with van der Waals surface area (Å²) < 4.78 is 10.7. The zero-order valence-corrected chi connectivity index (χ0v) is 12.7. The highest BCUT2D eigenvalue weighted by atomic mass is 16.5. The monoisotopic (exact) mass is 287 g/mol. The van der Waals surface area contributed by atoms with Crippen molar-refractivity contribution in [2.75, 3.05) is 26.2 Å². The molecule has 0 saturated heterocycles. The number of benzene rings is 1. The van der Waals surface area contributed by atoms with Crippen molar-refractivity contribution in [3.8, 4) is 11.5 Å². The summed E-state index contributed by atoms with van der Waals surface area (Å²) in [5.41, 5.74) is 8.81. The van der Waals surface area contributed by atoms with E-state index in [1.54, 1.807) is 26.5 Å². The first kappa shape index (κ1) is 15.1. The molecule has 5 heteroatoms. The van der Waals surface area contributed by atoms with E-state index in [2.05, 4.69) is 16.0 Å². The average Bonchev–Trinajstić information content (AvgIpc) is 2.54. The Morgan fingerprint density at radius 3 is 2.57 bits per heavy atom. The third-order valence-corrected chi connectivity index (χ3v) is 3.38. The molecule has 2 N–H and O–H groups in total. The van der Waals surface area contributed by atoms with Crippen LogP contribution in [0.15, 0.2) is 36.5 Å². The summed E-state index contributed by atoms with van der Waals surface area (Å²) in [5.74, 6) is 1.35. The van der Waals surface area contributed by atoms with Gasteiger partial charge in [0.25, 0.3) is 0 Å². The number of methoxy groups -OCH3 is 2. The molecule has 1 heterocycles. The standard InChI is InChI=1S/C16H21N3O2/c1-19(14-7-5-4-6-12(14)10-17)11-13-16(21-3)15(20-2)8-9-18-13/h4-9H,10-11,17H2,1-3H3. The molecule has 0 fully saturated rings. The summed E-state index contributed by atoms with van der Waals surface area (Å²) in [6, 6.07) is 9.86. The number of aromatic nitrogens is 1. The lowest BCUT2D eigenvalue weighted by atomic mass is 10.1. The highest BCUT2D eigenvalue weighted by molar-refractivity contribution is 5.54. The van der Waals surface area contributed by atoms with Crippen LogP contribution in [0.2, 0.25) is 0 Å². The Labute approximate surface area is 125 Å². The second kappa shape index (κ2) is 6.95. The van der Waals surface area contributed by atoms with Gasteiger partial charge in [-0.05, 0) is 11.6 Å². The van der Waals surface area contributed by atoms with E-state index in [4.69, 9.17) is 15.2 Å². The first-order valence-electron chi connectivity index (χ1n) is 6.76. The van der Waals surface area contributed by atoms with Crippen LogP contribution in [-0.2, 0) is 13.1 Å². The Bertz CT molecular complexity index is 602. The molecule has 0 unspecified atom stereocenters. The van der Waals surface area contributed by atoms with Gasteiger partial charge in [-0.15, -0.1) is 0 Å². The molecule has 0 saturated carbocycles. The van der Waals surface area contributed by atoms with Crippen LogP contribution in [0.4, 0.5) is 5.69 Å². The highest BCUT2D eigenvalue weighted by Gasteiger charge is 2.14. The van der Waals surface area contributed by atoms with Crippen molar-refractivity contribution in [3.05, 3.63) is 47.8 Å².